The lowest BCUT2D eigenvalue weighted by atomic mass is 10.00. The van der Waals surface area contributed by atoms with E-state index >= 15 is 0 Å². The summed E-state index contributed by atoms with van der Waals surface area (Å²) in [7, 11) is 1.59. The smallest absolute Gasteiger partial charge is 0.237 e. The van der Waals surface area contributed by atoms with Crippen molar-refractivity contribution in [2.75, 3.05) is 12.0 Å². The van der Waals surface area contributed by atoms with Gasteiger partial charge < -0.3 is 4.74 Å². The molecule has 2 atom stereocenters. The number of anilines is 1. The first-order chi connectivity index (χ1) is 8.72. The van der Waals surface area contributed by atoms with E-state index in [4.69, 9.17) is 4.74 Å². The summed E-state index contributed by atoms with van der Waals surface area (Å²) in [6.45, 7) is 0. The number of fused-ring (bicyclic) bond motifs is 1. The topological polar surface area (TPSA) is 46.6 Å². The van der Waals surface area contributed by atoms with E-state index in [1.54, 1.807) is 31.4 Å². The van der Waals surface area contributed by atoms with E-state index in [2.05, 4.69) is 0 Å². The van der Waals surface area contributed by atoms with Crippen LogP contribution in [0.2, 0.25) is 0 Å². The Kier molecular flexibility index (Phi) is 2.58. The minimum Gasteiger partial charge on any atom is -0.497 e. The predicted octanol–water partition coefficient (Wildman–Crippen LogP) is 1.98. The number of carbonyl (C=O) groups excluding carboxylic acids is 2. The Balaban J connectivity index is 1.92. The van der Waals surface area contributed by atoms with Gasteiger partial charge in [-0.15, -0.1) is 0 Å². The standard InChI is InChI=1S/C14H15NO3/c1-18-10-7-5-9(6-8-10)15-13(16)11-3-2-4-12(11)14(15)17/h5-8,11-12H,2-4H2,1H3/t11-,12+. The van der Waals surface area contributed by atoms with Gasteiger partial charge in [-0.25, -0.2) is 0 Å². The van der Waals surface area contributed by atoms with E-state index in [9.17, 15) is 9.59 Å². The highest BCUT2D eigenvalue weighted by molar-refractivity contribution is 6.22. The molecular weight excluding hydrogens is 230 g/mol. The fourth-order valence-corrected chi connectivity index (χ4v) is 2.98. The number of methoxy groups -OCH3 is 1. The van der Waals surface area contributed by atoms with Gasteiger partial charge in [0.15, 0.2) is 0 Å². The predicted molar refractivity (Wildman–Crippen MR) is 66.3 cm³/mol. The lowest BCUT2D eigenvalue weighted by Crippen LogP contribution is -2.31. The Morgan fingerprint density at radius 1 is 1.06 bits per heavy atom. The molecule has 1 aliphatic heterocycles. The first-order valence-electron chi connectivity index (χ1n) is 6.24. The van der Waals surface area contributed by atoms with Crippen molar-refractivity contribution in [1.82, 2.24) is 0 Å². The highest BCUT2D eigenvalue weighted by Gasteiger charge is 2.50. The molecule has 1 saturated carbocycles. The van der Waals surface area contributed by atoms with Gasteiger partial charge in [0.25, 0.3) is 0 Å². The number of benzene rings is 1. The van der Waals surface area contributed by atoms with Crippen LogP contribution < -0.4 is 9.64 Å². The molecule has 1 aliphatic carbocycles. The third-order valence-electron chi connectivity index (χ3n) is 3.92. The van der Waals surface area contributed by atoms with Gasteiger partial charge in [-0.2, -0.15) is 0 Å². The fourth-order valence-electron chi connectivity index (χ4n) is 2.98. The third kappa shape index (κ3) is 1.52. The number of carbonyl (C=O) groups is 2. The average molecular weight is 245 g/mol. The number of ether oxygens (including phenoxy) is 1. The molecule has 18 heavy (non-hydrogen) atoms. The lowest BCUT2D eigenvalue weighted by Gasteiger charge is -2.16. The summed E-state index contributed by atoms with van der Waals surface area (Å²) in [6, 6.07) is 7.05. The van der Waals surface area contributed by atoms with E-state index in [0.29, 0.717) is 5.69 Å². The number of hydrogen-bond acceptors (Lipinski definition) is 3. The van der Waals surface area contributed by atoms with Gasteiger partial charge in [-0.1, -0.05) is 6.42 Å². The summed E-state index contributed by atoms with van der Waals surface area (Å²) >= 11 is 0. The molecule has 1 aromatic rings. The molecule has 94 valence electrons. The molecule has 0 bridgehead atoms. The van der Waals surface area contributed by atoms with E-state index in [-0.39, 0.29) is 23.7 Å². The van der Waals surface area contributed by atoms with Crippen LogP contribution in [0.3, 0.4) is 0 Å². The molecule has 4 nitrogen and oxygen atoms in total. The van der Waals surface area contributed by atoms with Crippen molar-refractivity contribution in [2.45, 2.75) is 19.3 Å². The summed E-state index contributed by atoms with van der Waals surface area (Å²) in [5.74, 6) is 0.484. The van der Waals surface area contributed by atoms with E-state index in [1.807, 2.05) is 0 Å². The Hall–Kier alpha value is -1.84. The molecule has 0 radical (unpaired) electrons. The van der Waals surface area contributed by atoms with Gasteiger partial charge in [0.1, 0.15) is 5.75 Å². The van der Waals surface area contributed by atoms with Crippen LogP contribution in [-0.2, 0) is 9.59 Å². The molecule has 1 heterocycles. The van der Waals surface area contributed by atoms with Gasteiger partial charge in [0.2, 0.25) is 11.8 Å². The molecule has 1 aromatic carbocycles. The second-order valence-electron chi connectivity index (χ2n) is 4.85. The number of imide groups is 1. The molecule has 0 spiro atoms. The first-order valence-corrected chi connectivity index (χ1v) is 6.24. The summed E-state index contributed by atoms with van der Waals surface area (Å²) in [4.78, 5) is 25.8. The summed E-state index contributed by atoms with van der Waals surface area (Å²) in [6.07, 6.45) is 2.69. The Morgan fingerprint density at radius 3 is 2.11 bits per heavy atom. The maximum Gasteiger partial charge on any atom is 0.237 e. The molecule has 2 fully saturated rings. The van der Waals surface area contributed by atoms with Crippen LogP contribution in [0.15, 0.2) is 24.3 Å². The summed E-state index contributed by atoms with van der Waals surface area (Å²) < 4.78 is 5.07. The van der Waals surface area contributed by atoms with Crippen molar-refractivity contribution in [3.8, 4) is 5.75 Å². The Labute approximate surface area is 106 Å². The van der Waals surface area contributed by atoms with Crippen LogP contribution in [0.1, 0.15) is 19.3 Å². The number of rotatable bonds is 2. The van der Waals surface area contributed by atoms with Crippen LogP contribution in [0.4, 0.5) is 5.69 Å². The maximum absolute atomic E-state index is 12.2. The quantitative estimate of drug-likeness (QED) is 0.748. The zero-order valence-corrected chi connectivity index (χ0v) is 10.3. The molecule has 2 amide bonds. The fraction of sp³-hybridized carbons (Fsp3) is 0.429. The van der Waals surface area contributed by atoms with Crippen LogP contribution in [0, 0.1) is 11.8 Å². The highest BCUT2D eigenvalue weighted by atomic mass is 16.5. The van der Waals surface area contributed by atoms with Crippen molar-refractivity contribution in [2.24, 2.45) is 11.8 Å². The molecule has 1 saturated heterocycles. The van der Waals surface area contributed by atoms with Gasteiger partial charge in [-0.3, -0.25) is 14.5 Å². The van der Waals surface area contributed by atoms with Crippen molar-refractivity contribution in [3.63, 3.8) is 0 Å². The summed E-state index contributed by atoms with van der Waals surface area (Å²) in [5, 5.41) is 0. The van der Waals surface area contributed by atoms with Crippen molar-refractivity contribution in [1.29, 1.82) is 0 Å². The zero-order valence-electron chi connectivity index (χ0n) is 10.3. The molecule has 3 rings (SSSR count). The molecule has 0 unspecified atom stereocenters. The van der Waals surface area contributed by atoms with E-state index < -0.39 is 0 Å². The normalized spacial score (nSPS) is 26.6. The second-order valence-corrected chi connectivity index (χ2v) is 4.85. The average Bonchev–Trinajstić information content (AvgIpc) is 2.95. The largest absolute Gasteiger partial charge is 0.497 e. The minimum absolute atomic E-state index is 0.0346. The van der Waals surface area contributed by atoms with Gasteiger partial charge in [0.05, 0.1) is 24.6 Å². The third-order valence-corrected chi connectivity index (χ3v) is 3.92. The van der Waals surface area contributed by atoms with Crippen LogP contribution in [-0.4, -0.2) is 18.9 Å². The van der Waals surface area contributed by atoms with Crippen LogP contribution in [0.5, 0.6) is 5.75 Å². The number of amides is 2. The molecular formula is C14H15NO3. The highest BCUT2D eigenvalue weighted by Crippen LogP contribution is 2.41. The van der Waals surface area contributed by atoms with E-state index in [1.165, 1.54) is 4.90 Å². The minimum atomic E-state index is -0.0837. The number of nitrogens with zero attached hydrogens (tertiary/aromatic N) is 1. The zero-order chi connectivity index (χ0) is 12.7. The Morgan fingerprint density at radius 2 is 1.61 bits per heavy atom. The lowest BCUT2D eigenvalue weighted by molar-refractivity contribution is -0.122. The number of hydrogen-bond donors (Lipinski definition) is 0. The SMILES string of the molecule is COc1ccc(N2C(=O)[C@H]3CCC[C@H]3C2=O)cc1. The molecule has 2 aliphatic rings. The molecule has 0 N–H and O–H groups in total. The van der Waals surface area contributed by atoms with Crippen molar-refractivity contribution >= 4 is 17.5 Å². The van der Waals surface area contributed by atoms with Gasteiger partial charge in [-0.05, 0) is 37.1 Å². The monoisotopic (exact) mass is 245 g/mol. The Bertz CT molecular complexity index is 472. The second kappa shape index (κ2) is 4.12. The van der Waals surface area contributed by atoms with Gasteiger partial charge in [0, 0.05) is 0 Å². The van der Waals surface area contributed by atoms with Crippen LogP contribution >= 0.6 is 0 Å². The first kappa shape index (κ1) is 11.3. The molecule has 0 aromatic heterocycles. The summed E-state index contributed by atoms with van der Waals surface area (Å²) in [5.41, 5.74) is 0.653. The van der Waals surface area contributed by atoms with Crippen LogP contribution in [0.25, 0.3) is 0 Å². The van der Waals surface area contributed by atoms with Crippen molar-refractivity contribution in [3.05, 3.63) is 24.3 Å². The maximum atomic E-state index is 12.2. The molecule has 4 heteroatoms. The van der Waals surface area contributed by atoms with E-state index in [0.717, 1.165) is 25.0 Å². The van der Waals surface area contributed by atoms with Crippen molar-refractivity contribution < 1.29 is 14.3 Å². The van der Waals surface area contributed by atoms with Gasteiger partial charge >= 0.3 is 0 Å².